The molecular formula is C18H32N8O6. The lowest BCUT2D eigenvalue weighted by Gasteiger charge is -2.26. The summed E-state index contributed by atoms with van der Waals surface area (Å²) in [4.78, 5) is 64.4. The van der Waals surface area contributed by atoms with Crippen molar-refractivity contribution in [2.45, 2.75) is 56.7 Å². The van der Waals surface area contributed by atoms with Gasteiger partial charge in [0.25, 0.3) is 0 Å². The van der Waals surface area contributed by atoms with Gasteiger partial charge in [0.15, 0.2) is 5.96 Å². The number of carbonyl (C=O) groups excluding carboxylic acids is 4. The Bertz CT molecular complexity index is 739. The van der Waals surface area contributed by atoms with Crippen LogP contribution in [0.25, 0.3) is 0 Å². The first-order valence-electron chi connectivity index (χ1n) is 10.2. The molecule has 1 heterocycles. The third-order valence-corrected chi connectivity index (χ3v) is 4.89. The zero-order valence-corrected chi connectivity index (χ0v) is 17.8. The van der Waals surface area contributed by atoms with Crippen molar-refractivity contribution in [3.8, 4) is 0 Å². The number of nitrogens with zero attached hydrogens (tertiary/aromatic N) is 2. The number of hydrogen-bond donors (Lipinski definition) is 7. The van der Waals surface area contributed by atoms with Gasteiger partial charge in [0.2, 0.25) is 23.6 Å². The first-order chi connectivity index (χ1) is 15.0. The van der Waals surface area contributed by atoms with Crippen LogP contribution in [0, 0.1) is 0 Å². The molecule has 1 saturated heterocycles. The van der Waals surface area contributed by atoms with Crippen LogP contribution < -0.4 is 33.6 Å². The van der Waals surface area contributed by atoms with Gasteiger partial charge in [-0.3, -0.25) is 24.2 Å². The van der Waals surface area contributed by atoms with Crippen LogP contribution in [0.3, 0.4) is 0 Å². The predicted molar refractivity (Wildman–Crippen MR) is 114 cm³/mol. The molecule has 0 bridgehead atoms. The SMILES string of the molecule is NC(=O)CCC(N)C(=O)NCC(=O)N1CCCC1C(=O)NC(CCCN=C(N)N)C(=O)O. The highest BCUT2D eigenvalue weighted by molar-refractivity contribution is 5.93. The Balaban J connectivity index is 2.59. The summed E-state index contributed by atoms with van der Waals surface area (Å²) in [5, 5.41) is 14.2. The van der Waals surface area contributed by atoms with Crippen LogP contribution >= 0.6 is 0 Å². The highest BCUT2D eigenvalue weighted by Gasteiger charge is 2.35. The molecule has 0 radical (unpaired) electrons. The average Bonchev–Trinajstić information content (AvgIpc) is 3.21. The number of aliphatic imine (C=N–C) groups is 1. The summed E-state index contributed by atoms with van der Waals surface area (Å²) < 4.78 is 0. The molecule has 1 aliphatic heterocycles. The molecule has 14 nitrogen and oxygen atoms in total. The summed E-state index contributed by atoms with van der Waals surface area (Å²) in [6, 6.07) is -3.00. The summed E-state index contributed by atoms with van der Waals surface area (Å²) in [5.74, 6) is -3.62. The molecular weight excluding hydrogens is 424 g/mol. The second-order valence-corrected chi connectivity index (χ2v) is 7.42. The Morgan fingerprint density at radius 2 is 1.81 bits per heavy atom. The third-order valence-electron chi connectivity index (χ3n) is 4.89. The summed E-state index contributed by atoms with van der Waals surface area (Å²) in [6.07, 6.45) is 1.35. The number of likely N-dealkylation sites (tertiary alicyclic amines) is 1. The number of nitrogens with two attached hydrogens (primary N) is 4. The van der Waals surface area contributed by atoms with Crippen molar-refractivity contribution in [1.29, 1.82) is 0 Å². The smallest absolute Gasteiger partial charge is 0.326 e. The van der Waals surface area contributed by atoms with Gasteiger partial charge in [-0.25, -0.2) is 4.79 Å². The summed E-state index contributed by atoms with van der Waals surface area (Å²) in [6.45, 7) is 0.133. The molecule has 14 heteroatoms. The fourth-order valence-corrected chi connectivity index (χ4v) is 3.19. The van der Waals surface area contributed by atoms with Gasteiger partial charge in [-0.05, 0) is 32.1 Å². The number of rotatable bonds is 13. The second kappa shape index (κ2) is 13.1. The molecule has 0 saturated carbocycles. The molecule has 32 heavy (non-hydrogen) atoms. The van der Waals surface area contributed by atoms with E-state index in [9.17, 15) is 29.1 Å². The molecule has 180 valence electrons. The van der Waals surface area contributed by atoms with E-state index in [0.29, 0.717) is 25.8 Å². The number of carboxylic acids is 1. The van der Waals surface area contributed by atoms with Crippen molar-refractivity contribution in [3.05, 3.63) is 0 Å². The number of carboxylic acid groups (broad SMARTS) is 1. The first-order valence-corrected chi connectivity index (χ1v) is 10.2. The van der Waals surface area contributed by atoms with Gasteiger partial charge in [0.05, 0.1) is 12.6 Å². The van der Waals surface area contributed by atoms with Gasteiger partial charge >= 0.3 is 5.97 Å². The lowest BCUT2D eigenvalue weighted by atomic mass is 10.1. The monoisotopic (exact) mass is 456 g/mol. The number of amides is 4. The maximum Gasteiger partial charge on any atom is 0.326 e. The Morgan fingerprint density at radius 1 is 1.12 bits per heavy atom. The van der Waals surface area contributed by atoms with Crippen LogP contribution in [0.4, 0.5) is 0 Å². The zero-order chi connectivity index (χ0) is 24.3. The number of aliphatic carboxylic acids is 1. The maximum absolute atomic E-state index is 12.6. The van der Waals surface area contributed by atoms with Crippen molar-refractivity contribution in [3.63, 3.8) is 0 Å². The predicted octanol–water partition coefficient (Wildman–Crippen LogP) is -3.69. The molecule has 0 spiro atoms. The van der Waals surface area contributed by atoms with E-state index in [-0.39, 0.29) is 38.3 Å². The fourth-order valence-electron chi connectivity index (χ4n) is 3.19. The largest absolute Gasteiger partial charge is 0.480 e. The first kappa shape index (κ1) is 26.6. The van der Waals surface area contributed by atoms with Crippen molar-refractivity contribution in [2.24, 2.45) is 27.9 Å². The summed E-state index contributed by atoms with van der Waals surface area (Å²) in [5.41, 5.74) is 21.1. The van der Waals surface area contributed by atoms with Crippen LogP contribution in [0.5, 0.6) is 0 Å². The minimum absolute atomic E-state index is 0.0455. The van der Waals surface area contributed by atoms with Gasteiger partial charge in [-0.2, -0.15) is 0 Å². The molecule has 0 aromatic heterocycles. The van der Waals surface area contributed by atoms with E-state index in [1.807, 2.05) is 0 Å². The molecule has 0 aliphatic carbocycles. The Labute approximate surface area is 185 Å². The van der Waals surface area contributed by atoms with E-state index in [0.717, 1.165) is 0 Å². The number of nitrogens with one attached hydrogen (secondary N) is 2. The van der Waals surface area contributed by atoms with Gasteiger partial charge in [0, 0.05) is 19.5 Å². The van der Waals surface area contributed by atoms with Gasteiger partial charge < -0.3 is 43.6 Å². The standard InChI is InChI=1S/C18H32N8O6/c19-10(5-6-13(20)27)15(29)24-9-14(28)26-8-2-4-12(26)16(30)25-11(17(31)32)3-1-7-23-18(21)22/h10-12H,1-9,19H2,(H2,20,27)(H,24,29)(H,25,30)(H,31,32)(H4,21,22,23). The Morgan fingerprint density at radius 3 is 2.41 bits per heavy atom. The molecule has 0 aromatic carbocycles. The van der Waals surface area contributed by atoms with Crippen LogP contribution in [0.15, 0.2) is 4.99 Å². The maximum atomic E-state index is 12.6. The fraction of sp³-hybridized carbons (Fsp3) is 0.667. The summed E-state index contributed by atoms with van der Waals surface area (Å²) >= 11 is 0. The lowest BCUT2D eigenvalue weighted by Crippen LogP contribution is -2.53. The number of carbonyl (C=O) groups is 5. The number of guanidine groups is 1. The molecule has 4 amide bonds. The van der Waals surface area contributed by atoms with E-state index in [1.165, 1.54) is 4.90 Å². The Hall–Kier alpha value is -3.42. The molecule has 3 atom stereocenters. The Kier molecular flexibility index (Phi) is 10.9. The van der Waals surface area contributed by atoms with Gasteiger partial charge in [-0.15, -0.1) is 0 Å². The van der Waals surface area contributed by atoms with Crippen molar-refractivity contribution in [1.82, 2.24) is 15.5 Å². The normalized spacial score (nSPS) is 17.2. The zero-order valence-electron chi connectivity index (χ0n) is 17.8. The lowest BCUT2D eigenvalue weighted by molar-refractivity contribution is -0.144. The average molecular weight is 457 g/mol. The summed E-state index contributed by atoms with van der Waals surface area (Å²) in [7, 11) is 0. The molecule has 1 aliphatic rings. The minimum Gasteiger partial charge on any atom is -0.480 e. The minimum atomic E-state index is -1.21. The molecule has 11 N–H and O–H groups in total. The number of hydrogen-bond acceptors (Lipinski definition) is 7. The quantitative estimate of drug-likeness (QED) is 0.0817. The van der Waals surface area contributed by atoms with E-state index < -0.39 is 47.7 Å². The van der Waals surface area contributed by atoms with Crippen LogP contribution in [-0.2, 0) is 24.0 Å². The van der Waals surface area contributed by atoms with E-state index in [4.69, 9.17) is 22.9 Å². The van der Waals surface area contributed by atoms with Gasteiger partial charge in [-0.1, -0.05) is 0 Å². The van der Waals surface area contributed by atoms with E-state index in [2.05, 4.69) is 15.6 Å². The molecule has 1 rings (SSSR count). The third kappa shape index (κ3) is 9.16. The number of primary amides is 1. The molecule has 0 aromatic rings. The highest BCUT2D eigenvalue weighted by Crippen LogP contribution is 2.18. The van der Waals surface area contributed by atoms with Gasteiger partial charge in [0.1, 0.15) is 12.1 Å². The molecule has 1 fully saturated rings. The second-order valence-electron chi connectivity index (χ2n) is 7.42. The van der Waals surface area contributed by atoms with Crippen molar-refractivity contribution >= 4 is 35.6 Å². The van der Waals surface area contributed by atoms with Crippen LogP contribution in [0.2, 0.25) is 0 Å². The van der Waals surface area contributed by atoms with Crippen molar-refractivity contribution in [2.75, 3.05) is 19.6 Å². The highest BCUT2D eigenvalue weighted by atomic mass is 16.4. The van der Waals surface area contributed by atoms with Crippen LogP contribution in [0.1, 0.15) is 38.5 Å². The van der Waals surface area contributed by atoms with E-state index in [1.54, 1.807) is 0 Å². The van der Waals surface area contributed by atoms with Crippen molar-refractivity contribution < 1.29 is 29.1 Å². The topological polar surface area (TPSA) is 249 Å². The van der Waals surface area contributed by atoms with Crippen LogP contribution in [-0.4, -0.2) is 83.3 Å². The van der Waals surface area contributed by atoms with E-state index >= 15 is 0 Å². The molecule has 3 unspecified atom stereocenters.